The van der Waals surface area contributed by atoms with Crippen LogP contribution >= 0.6 is 11.3 Å². The van der Waals surface area contributed by atoms with Gasteiger partial charge in [-0.1, -0.05) is 49.4 Å². The number of amides is 2. The van der Waals surface area contributed by atoms with Gasteiger partial charge in [0.05, 0.1) is 34.3 Å². The maximum absolute atomic E-state index is 13.4. The Labute approximate surface area is 241 Å². The summed E-state index contributed by atoms with van der Waals surface area (Å²) in [6.07, 6.45) is 1.76. The molecule has 10 heteroatoms. The number of hydrogen-bond acceptors (Lipinski definition) is 6. The van der Waals surface area contributed by atoms with E-state index in [9.17, 15) is 24.6 Å². The fraction of sp³-hybridized carbons (Fsp3) is 0.355. The summed E-state index contributed by atoms with van der Waals surface area (Å²) in [6, 6.07) is 15.9. The van der Waals surface area contributed by atoms with Crippen molar-refractivity contribution in [3.63, 3.8) is 0 Å². The van der Waals surface area contributed by atoms with E-state index in [4.69, 9.17) is 0 Å². The quantitative estimate of drug-likeness (QED) is 0.347. The number of likely N-dealkylation sites (tertiary alicyclic amines) is 1. The maximum atomic E-state index is 13.4. The lowest BCUT2D eigenvalue weighted by Gasteiger charge is -2.38. The van der Waals surface area contributed by atoms with Gasteiger partial charge in [-0.15, -0.1) is 11.3 Å². The first-order valence-corrected chi connectivity index (χ1v) is 14.7. The molecule has 0 radical (unpaired) electrons. The summed E-state index contributed by atoms with van der Waals surface area (Å²) in [5.74, 6) is 0.198. The third-order valence-corrected chi connectivity index (χ3v) is 9.42. The molecule has 41 heavy (non-hydrogen) atoms. The topological polar surface area (TPSA) is 116 Å². The SMILES string of the molecule is C[C@H](CC(=O)N1CCC(O)(Cn2cnc3c(-c4ccc5c(c4)CN(C(=O)O)C5)scc3c2=O)CC1)c1ccccc1. The maximum Gasteiger partial charge on any atom is 0.407 e. The van der Waals surface area contributed by atoms with Crippen LogP contribution in [0.4, 0.5) is 4.79 Å². The van der Waals surface area contributed by atoms with Crippen molar-refractivity contribution < 1.29 is 19.8 Å². The Balaban J connectivity index is 1.13. The van der Waals surface area contributed by atoms with E-state index in [1.807, 2.05) is 53.4 Å². The molecule has 2 aromatic carbocycles. The largest absolute Gasteiger partial charge is 0.465 e. The standard InChI is InChI=1S/C31H32N4O5S/c1-20(21-5-3-2-4-6-21)13-26(36)33-11-9-31(40,10-12-33)18-35-19-32-27-25(29(35)37)17-41-28(27)22-7-8-23-15-34(30(38)39)16-24(23)14-22/h2-8,14,17,19-20,40H,9-13,15-16,18H2,1H3,(H,38,39)/t20-/m1/s1. The van der Waals surface area contributed by atoms with Crippen molar-refractivity contribution in [1.29, 1.82) is 0 Å². The summed E-state index contributed by atoms with van der Waals surface area (Å²) >= 11 is 1.43. The summed E-state index contributed by atoms with van der Waals surface area (Å²) in [4.78, 5) is 46.4. The Bertz CT molecular complexity index is 1670. The molecule has 4 heterocycles. The molecule has 0 unspecified atom stereocenters. The predicted octanol–water partition coefficient (Wildman–Crippen LogP) is 4.67. The lowest BCUT2D eigenvalue weighted by molar-refractivity contribution is -0.136. The highest BCUT2D eigenvalue weighted by molar-refractivity contribution is 7.15. The molecule has 9 nitrogen and oxygen atoms in total. The van der Waals surface area contributed by atoms with Crippen molar-refractivity contribution in [3.05, 3.63) is 87.3 Å². The minimum atomic E-state index is -1.10. The van der Waals surface area contributed by atoms with Crippen molar-refractivity contribution in [1.82, 2.24) is 19.4 Å². The summed E-state index contributed by atoms with van der Waals surface area (Å²) in [6.45, 7) is 3.78. The molecule has 1 saturated heterocycles. The molecule has 212 valence electrons. The van der Waals surface area contributed by atoms with E-state index in [0.717, 1.165) is 27.1 Å². The second-order valence-electron chi connectivity index (χ2n) is 11.2. The van der Waals surface area contributed by atoms with Gasteiger partial charge in [-0.05, 0) is 47.1 Å². The molecule has 0 spiro atoms. The summed E-state index contributed by atoms with van der Waals surface area (Å²) in [7, 11) is 0. The summed E-state index contributed by atoms with van der Waals surface area (Å²) in [5.41, 5.74) is 3.27. The number of piperidine rings is 1. The first-order chi connectivity index (χ1) is 19.7. The van der Waals surface area contributed by atoms with Crippen molar-refractivity contribution >= 4 is 34.2 Å². The number of carbonyl (C=O) groups excluding carboxylic acids is 1. The zero-order valence-electron chi connectivity index (χ0n) is 22.8. The van der Waals surface area contributed by atoms with Gasteiger partial charge in [0.25, 0.3) is 5.56 Å². The number of thiophene rings is 1. The van der Waals surface area contributed by atoms with Crippen LogP contribution in [-0.4, -0.2) is 60.3 Å². The number of aliphatic hydroxyl groups is 1. The summed E-state index contributed by atoms with van der Waals surface area (Å²) < 4.78 is 1.47. The van der Waals surface area contributed by atoms with Crippen LogP contribution in [0.2, 0.25) is 0 Å². The lowest BCUT2D eigenvalue weighted by Crippen LogP contribution is -2.49. The van der Waals surface area contributed by atoms with Crippen molar-refractivity contribution in [2.24, 2.45) is 0 Å². The highest BCUT2D eigenvalue weighted by Crippen LogP contribution is 2.35. The predicted molar refractivity (Wildman–Crippen MR) is 157 cm³/mol. The smallest absolute Gasteiger partial charge is 0.407 e. The molecule has 1 fully saturated rings. The normalized spacial score (nSPS) is 17.0. The third kappa shape index (κ3) is 5.37. The minimum Gasteiger partial charge on any atom is -0.465 e. The molecule has 4 aromatic rings. The van der Waals surface area contributed by atoms with Crippen LogP contribution in [-0.2, 0) is 24.4 Å². The average Bonchev–Trinajstić information content (AvgIpc) is 3.60. The highest BCUT2D eigenvalue weighted by atomic mass is 32.1. The van der Waals surface area contributed by atoms with E-state index < -0.39 is 11.7 Å². The van der Waals surface area contributed by atoms with Crippen molar-refractivity contribution in [2.75, 3.05) is 13.1 Å². The zero-order valence-corrected chi connectivity index (χ0v) is 23.6. The van der Waals surface area contributed by atoms with E-state index in [0.29, 0.717) is 56.3 Å². The van der Waals surface area contributed by atoms with Crippen molar-refractivity contribution in [3.8, 4) is 10.4 Å². The second-order valence-corrected chi connectivity index (χ2v) is 12.1. The number of fused-ring (bicyclic) bond motifs is 2. The van der Waals surface area contributed by atoms with Gasteiger partial charge in [0.2, 0.25) is 5.91 Å². The Kier molecular flexibility index (Phi) is 7.13. The van der Waals surface area contributed by atoms with Gasteiger partial charge >= 0.3 is 6.09 Å². The molecular formula is C31H32N4O5S. The van der Waals surface area contributed by atoms with E-state index in [2.05, 4.69) is 11.9 Å². The molecule has 1 atom stereocenters. The molecule has 2 aliphatic heterocycles. The number of carbonyl (C=O) groups is 2. The van der Waals surface area contributed by atoms with E-state index in [-0.39, 0.29) is 23.9 Å². The molecule has 2 aromatic heterocycles. The molecular weight excluding hydrogens is 540 g/mol. The molecule has 0 saturated carbocycles. The molecule has 2 amide bonds. The third-order valence-electron chi connectivity index (χ3n) is 8.40. The Morgan fingerprint density at radius 3 is 2.51 bits per heavy atom. The van der Waals surface area contributed by atoms with Crippen LogP contribution in [0.25, 0.3) is 21.3 Å². The van der Waals surface area contributed by atoms with Crippen LogP contribution < -0.4 is 5.56 Å². The summed E-state index contributed by atoms with van der Waals surface area (Å²) in [5, 5.41) is 23.0. The first kappa shape index (κ1) is 27.2. The fourth-order valence-corrected chi connectivity index (χ4v) is 6.88. The fourth-order valence-electron chi connectivity index (χ4n) is 5.89. The number of hydrogen-bond donors (Lipinski definition) is 2. The van der Waals surface area contributed by atoms with Gasteiger partial charge in [0.15, 0.2) is 0 Å². The Morgan fingerprint density at radius 2 is 1.78 bits per heavy atom. The van der Waals surface area contributed by atoms with Gasteiger partial charge in [-0.25, -0.2) is 9.78 Å². The van der Waals surface area contributed by atoms with Gasteiger partial charge in [-0.3, -0.25) is 19.1 Å². The lowest BCUT2D eigenvalue weighted by atomic mass is 9.90. The molecule has 0 bridgehead atoms. The van der Waals surface area contributed by atoms with Crippen LogP contribution in [0, 0.1) is 0 Å². The Morgan fingerprint density at radius 1 is 1.05 bits per heavy atom. The number of nitrogens with zero attached hydrogens (tertiary/aromatic N) is 4. The first-order valence-electron chi connectivity index (χ1n) is 13.8. The highest BCUT2D eigenvalue weighted by Gasteiger charge is 2.35. The number of rotatable bonds is 6. The number of aromatic nitrogens is 2. The van der Waals surface area contributed by atoms with Gasteiger partial charge in [0.1, 0.15) is 0 Å². The number of carboxylic acid groups (broad SMARTS) is 1. The van der Waals surface area contributed by atoms with Crippen molar-refractivity contribution in [2.45, 2.75) is 57.3 Å². The van der Waals surface area contributed by atoms with Gasteiger partial charge < -0.3 is 15.1 Å². The van der Waals surface area contributed by atoms with Gasteiger partial charge in [0, 0.05) is 38.0 Å². The second kappa shape index (κ2) is 10.8. The van der Waals surface area contributed by atoms with Crippen LogP contribution in [0.3, 0.4) is 0 Å². The van der Waals surface area contributed by atoms with E-state index in [1.165, 1.54) is 27.1 Å². The van der Waals surface area contributed by atoms with Crippen LogP contribution in [0.1, 0.15) is 48.8 Å². The van der Waals surface area contributed by atoms with Crippen LogP contribution in [0.15, 0.2) is 65.0 Å². The van der Waals surface area contributed by atoms with E-state index >= 15 is 0 Å². The molecule has 6 rings (SSSR count). The minimum absolute atomic E-state index is 0.0803. The molecule has 2 aliphatic rings. The van der Waals surface area contributed by atoms with E-state index in [1.54, 1.807) is 5.38 Å². The number of benzene rings is 2. The average molecular weight is 573 g/mol. The van der Waals surface area contributed by atoms with Gasteiger partial charge in [-0.2, -0.15) is 0 Å². The Hall–Kier alpha value is -4.02. The zero-order chi connectivity index (χ0) is 28.7. The van der Waals surface area contributed by atoms with Crippen LogP contribution in [0.5, 0.6) is 0 Å². The monoisotopic (exact) mass is 572 g/mol. The molecule has 2 N–H and O–H groups in total. The molecule has 0 aliphatic carbocycles.